The number of hydrogen-bond donors (Lipinski definition) is 2. The summed E-state index contributed by atoms with van der Waals surface area (Å²) >= 11 is 0. The maximum absolute atomic E-state index is 12.1. The Hall–Kier alpha value is -5.36. The molecule has 2 fully saturated rings. The van der Waals surface area contributed by atoms with Crippen LogP contribution in [0.2, 0.25) is 0 Å². The first-order chi connectivity index (χ1) is 21.5. The fourth-order valence-corrected chi connectivity index (χ4v) is 5.79. The molecule has 0 unspecified atom stereocenters. The van der Waals surface area contributed by atoms with E-state index in [0.717, 1.165) is 71.8 Å². The van der Waals surface area contributed by atoms with E-state index in [4.69, 9.17) is 15.6 Å². The van der Waals surface area contributed by atoms with Gasteiger partial charge in [0.25, 0.3) is 0 Å². The summed E-state index contributed by atoms with van der Waals surface area (Å²) in [7, 11) is 0. The van der Waals surface area contributed by atoms with E-state index in [2.05, 4.69) is 25.2 Å². The first-order valence-corrected chi connectivity index (χ1v) is 14.6. The van der Waals surface area contributed by atoms with Crippen molar-refractivity contribution in [1.29, 1.82) is 0 Å². The number of nitrogens with one attached hydrogen (secondary N) is 1. The summed E-state index contributed by atoms with van der Waals surface area (Å²) in [6.07, 6.45) is 5.36. The Morgan fingerprint density at radius 1 is 0.886 bits per heavy atom. The molecule has 7 rings (SSSR count). The Kier molecular flexibility index (Phi) is 7.32. The van der Waals surface area contributed by atoms with Gasteiger partial charge in [-0.2, -0.15) is 5.10 Å². The Bertz CT molecular complexity index is 1800. The van der Waals surface area contributed by atoms with Crippen molar-refractivity contribution in [2.24, 2.45) is 0 Å². The number of benzene rings is 2. The predicted molar refractivity (Wildman–Crippen MR) is 165 cm³/mol. The SMILES string of the molecule is Nc1ncnc2c1c(-c1ccc(Oc3ccccc3)cc1)nn2C1CCN(Cc2ccc(N3CCC(=O)NC3=O)nc2)CC1. The van der Waals surface area contributed by atoms with Crippen molar-refractivity contribution >= 4 is 34.6 Å². The van der Waals surface area contributed by atoms with Crippen molar-refractivity contribution in [3.63, 3.8) is 0 Å². The lowest BCUT2D eigenvalue weighted by Crippen LogP contribution is -2.49. The molecule has 222 valence electrons. The third-order valence-corrected chi connectivity index (χ3v) is 8.07. The molecule has 3 amide bonds. The molecule has 5 heterocycles. The van der Waals surface area contributed by atoms with E-state index in [-0.39, 0.29) is 18.4 Å². The highest BCUT2D eigenvalue weighted by Gasteiger charge is 2.27. The minimum absolute atomic E-state index is 0.165. The number of amides is 3. The number of piperidine rings is 1. The van der Waals surface area contributed by atoms with Crippen LogP contribution in [0.5, 0.6) is 11.5 Å². The van der Waals surface area contributed by atoms with Crippen LogP contribution in [-0.2, 0) is 11.3 Å². The van der Waals surface area contributed by atoms with Crippen LogP contribution in [-0.4, -0.2) is 61.2 Å². The van der Waals surface area contributed by atoms with Crippen LogP contribution >= 0.6 is 0 Å². The quantitative estimate of drug-likeness (QED) is 0.279. The number of nitrogens with zero attached hydrogens (tertiary/aromatic N) is 7. The number of nitrogens with two attached hydrogens (primary N) is 1. The minimum atomic E-state index is -0.431. The second-order valence-corrected chi connectivity index (χ2v) is 11.0. The highest BCUT2D eigenvalue weighted by Crippen LogP contribution is 2.35. The normalized spacial score (nSPS) is 16.3. The number of nitrogen functional groups attached to an aromatic ring is 1. The lowest BCUT2D eigenvalue weighted by molar-refractivity contribution is -0.120. The molecule has 2 aliphatic rings. The summed E-state index contributed by atoms with van der Waals surface area (Å²) in [6, 6.07) is 21.0. The van der Waals surface area contributed by atoms with E-state index < -0.39 is 6.03 Å². The van der Waals surface area contributed by atoms with E-state index in [0.29, 0.717) is 18.2 Å². The second kappa shape index (κ2) is 11.7. The van der Waals surface area contributed by atoms with Crippen LogP contribution in [0, 0.1) is 0 Å². The van der Waals surface area contributed by atoms with E-state index >= 15 is 0 Å². The van der Waals surface area contributed by atoms with Gasteiger partial charge in [-0.15, -0.1) is 0 Å². The van der Waals surface area contributed by atoms with Crippen molar-refractivity contribution in [1.82, 2.24) is 34.9 Å². The molecule has 2 aromatic carbocycles. The molecule has 12 nitrogen and oxygen atoms in total. The number of likely N-dealkylation sites (tertiary alicyclic amines) is 1. The predicted octanol–water partition coefficient (Wildman–Crippen LogP) is 4.55. The number of rotatable bonds is 7. The van der Waals surface area contributed by atoms with Gasteiger partial charge in [-0.3, -0.25) is 19.9 Å². The fourth-order valence-electron chi connectivity index (χ4n) is 5.79. The zero-order valence-electron chi connectivity index (χ0n) is 24.0. The lowest BCUT2D eigenvalue weighted by atomic mass is 10.0. The third-order valence-electron chi connectivity index (χ3n) is 8.07. The average molecular weight is 590 g/mol. The number of carbonyl (C=O) groups excluding carboxylic acids is 2. The molecule has 3 N–H and O–H groups in total. The Morgan fingerprint density at radius 3 is 2.39 bits per heavy atom. The van der Waals surface area contributed by atoms with Crippen LogP contribution in [0.4, 0.5) is 16.4 Å². The van der Waals surface area contributed by atoms with Gasteiger partial charge in [0, 0.05) is 44.4 Å². The maximum Gasteiger partial charge on any atom is 0.329 e. The summed E-state index contributed by atoms with van der Waals surface area (Å²) in [5, 5.41) is 8.13. The monoisotopic (exact) mass is 589 g/mol. The summed E-state index contributed by atoms with van der Waals surface area (Å²) in [6.45, 7) is 2.85. The standard InChI is InChI=1S/C32H31N9O3/c33-30-28-29(22-7-9-25(10-8-22)44-24-4-2-1-3-5-24)38-41(31(28)36-20-35-30)23-12-15-39(16-13-23)19-21-6-11-26(34-18-21)40-17-14-27(42)37-32(40)43/h1-11,18,20,23H,12-17,19H2,(H2,33,35,36)(H,37,42,43). The summed E-state index contributed by atoms with van der Waals surface area (Å²) in [4.78, 5) is 40.8. The number of urea groups is 1. The van der Waals surface area contributed by atoms with Crippen molar-refractivity contribution in [2.45, 2.75) is 31.8 Å². The molecule has 0 radical (unpaired) electrons. The molecule has 3 aromatic heterocycles. The molecule has 44 heavy (non-hydrogen) atoms. The minimum Gasteiger partial charge on any atom is -0.457 e. The molecular formula is C32H31N9O3. The molecule has 0 atom stereocenters. The Labute approximate surface area is 253 Å². The number of hydrogen-bond acceptors (Lipinski definition) is 9. The zero-order chi connectivity index (χ0) is 30.0. The smallest absolute Gasteiger partial charge is 0.329 e. The van der Waals surface area contributed by atoms with Crippen LogP contribution in [0.3, 0.4) is 0 Å². The van der Waals surface area contributed by atoms with Gasteiger partial charge in [0.1, 0.15) is 35.2 Å². The molecule has 0 spiro atoms. The van der Waals surface area contributed by atoms with E-state index in [1.165, 1.54) is 11.2 Å². The molecular weight excluding hydrogens is 558 g/mol. The van der Waals surface area contributed by atoms with Gasteiger partial charge in [0.05, 0.1) is 11.4 Å². The summed E-state index contributed by atoms with van der Waals surface area (Å²) in [5.74, 6) is 2.20. The molecule has 0 bridgehead atoms. The van der Waals surface area contributed by atoms with E-state index in [1.54, 1.807) is 6.20 Å². The molecule has 12 heteroatoms. The number of ether oxygens (including phenoxy) is 1. The van der Waals surface area contributed by atoms with Gasteiger partial charge < -0.3 is 10.5 Å². The average Bonchev–Trinajstić information content (AvgIpc) is 3.44. The van der Waals surface area contributed by atoms with Gasteiger partial charge in [0.15, 0.2) is 5.65 Å². The molecule has 5 aromatic rings. The number of para-hydroxylation sites is 1. The van der Waals surface area contributed by atoms with Crippen molar-refractivity contribution < 1.29 is 14.3 Å². The summed E-state index contributed by atoms with van der Waals surface area (Å²) in [5.41, 5.74) is 9.83. The summed E-state index contributed by atoms with van der Waals surface area (Å²) < 4.78 is 7.98. The highest BCUT2D eigenvalue weighted by molar-refractivity contribution is 6.05. The lowest BCUT2D eigenvalue weighted by Gasteiger charge is -2.32. The van der Waals surface area contributed by atoms with Crippen LogP contribution < -0.4 is 20.7 Å². The fraction of sp³-hybridized carbons (Fsp3) is 0.250. The van der Waals surface area contributed by atoms with Gasteiger partial charge in [-0.25, -0.2) is 24.4 Å². The van der Waals surface area contributed by atoms with Gasteiger partial charge in [-0.05, 0) is 60.9 Å². The van der Waals surface area contributed by atoms with Crippen molar-refractivity contribution in [3.8, 4) is 22.8 Å². The van der Waals surface area contributed by atoms with E-state index in [1.807, 2.05) is 71.4 Å². The van der Waals surface area contributed by atoms with Crippen LogP contribution in [0.25, 0.3) is 22.3 Å². The van der Waals surface area contributed by atoms with Crippen molar-refractivity contribution in [2.75, 3.05) is 30.3 Å². The molecule has 0 aliphatic carbocycles. The number of aromatic nitrogens is 5. The number of pyridine rings is 1. The van der Waals surface area contributed by atoms with Crippen LogP contribution in [0.1, 0.15) is 30.9 Å². The molecule has 2 saturated heterocycles. The highest BCUT2D eigenvalue weighted by atomic mass is 16.5. The Balaban J connectivity index is 1.04. The number of imide groups is 1. The van der Waals surface area contributed by atoms with Gasteiger partial charge >= 0.3 is 6.03 Å². The number of carbonyl (C=O) groups is 2. The van der Waals surface area contributed by atoms with Crippen molar-refractivity contribution in [3.05, 3.63) is 84.8 Å². The molecule has 0 saturated carbocycles. The van der Waals surface area contributed by atoms with E-state index in [9.17, 15) is 9.59 Å². The second-order valence-electron chi connectivity index (χ2n) is 11.0. The third kappa shape index (κ3) is 5.54. The number of anilines is 2. The Morgan fingerprint density at radius 2 is 1.66 bits per heavy atom. The topological polar surface area (TPSA) is 144 Å². The first-order valence-electron chi connectivity index (χ1n) is 14.6. The largest absolute Gasteiger partial charge is 0.457 e. The maximum atomic E-state index is 12.1. The van der Waals surface area contributed by atoms with Gasteiger partial charge in [0.2, 0.25) is 5.91 Å². The zero-order valence-corrected chi connectivity index (χ0v) is 24.0. The number of fused-ring (bicyclic) bond motifs is 1. The van der Waals surface area contributed by atoms with Gasteiger partial charge in [-0.1, -0.05) is 24.3 Å². The first kappa shape index (κ1) is 27.5. The van der Waals surface area contributed by atoms with Crippen LogP contribution in [0.15, 0.2) is 79.3 Å². The molecule has 2 aliphatic heterocycles.